The second kappa shape index (κ2) is 9.64. The van der Waals surface area contributed by atoms with Gasteiger partial charge < -0.3 is 14.2 Å². The standard InChI is InChI=1S/C19H19BrO5S/c1-12-8-13(20)4-7-18(12)26-11-19(22)25-10-16(21)15-9-14(23-2)5-6-17(15)24-3/h4-9H,10-11H2,1-3H3. The molecule has 138 valence electrons. The third kappa shape index (κ3) is 5.51. The highest BCUT2D eigenvalue weighted by atomic mass is 79.9. The molecule has 5 nitrogen and oxygen atoms in total. The van der Waals surface area contributed by atoms with Crippen LogP contribution >= 0.6 is 27.7 Å². The summed E-state index contributed by atoms with van der Waals surface area (Å²) >= 11 is 4.78. The van der Waals surface area contributed by atoms with E-state index in [9.17, 15) is 9.59 Å². The number of methoxy groups -OCH3 is 2. The van der Waals surface area contributed by atoms with E-state index in [1.54, 1.807) is 18.2 Å². The second-order valence-corrected chi connectivity index (χ2v) is 7.28. The van der Waals surface area contributed by atoms with E-state index < -0.39 is 5.97 Å². The zero-order chi connectivity index (χ0) is 19.1. The van der Waals surface area contributed by atoms with Gasteiger partial charge in [0.15, 0.2) is 6.61 Å². The number of Topliss-reactive ketones (excluding diaryl/α,β-unsaturated/α-hetero) is 1. The smallest absolute Gasteiger partial charge is 0.316 e. The highest BCUT2D eigenvalue weighted by Gasteiger charge is 2.16. The van der Waals surface area contributed by atoms with E-state index in [-0.39, 0.29) is 18.1 Å². The first-order chi connectivity index (χ1) is 12.4. The fourth-order valence-electron chi connectivity index (χ4n) is 2.21. The molecule has 0 N–H and O–H groups in total. The van der Waals surface area contributed by atoms with E-state index in [1.165, 1.54) is 26.0 Å². The molecule has 0 amide bonds. The van der Waals surface area contributed by atoms with Gasteiger partial charge in [-0.3, -0.25) is 9.59 Å². The van der Waals surface area contributed by atoms with Crippen molar-refractivity contribution in [3.05, 3.63) is 52.0 Å². The van der Waals surface area contributed by atoms with Crippen LogP contribution in [0, 0.1) is 6.92 Å². The van der Waals surface area contributed by atoms with Gasteiger partial charge in [-0.15, -0.1) is 11.8 Å². The molecule has 2 aromatic carbocycles. The first kappa shape index (κ1) is 20.3. The Morgan fingerprint density at radius 2 is 1.85 bits per heavy atom. The molecule has 0 atom stereocenters. The van der Waals surface area contributed by atoms with Crippen molar-refractivity contribution in [3.8, 4) is 11.5 Å². The van der Waals surface area contributed by atoms with Crippen LogP contribution in [0.25, 0.3) is 0 Å². The zero-order valence-corrected chi connectivity index (χ0v) is 17.1. The Labute approximate surface area is 165 Å². The zero-order valence-electron chi connectivity index (χ0n) is 14.7. The Hall–Kier alpha value is -1.99. The molecule has 0 spiro atoms. The van der Waals surface area contributed by atoms with E-state index in [4.69, 9.17) is 14.2 Å². The highest BCUT2D eigenvalue weighted by Crippen LogP contribution is 2.26. The van der Waals surface area contributed by atoms with Crippen LogP contribution in [0.4, 0.5) is 0 Å². The number of halogens is 1. The summed E-state index contributed by atoms with van der Waals surface area (Å²) in [6, 6.07) is 10.7. The number of benzene rings is 2. The molecule has 0 aliphatic carbocycles. The third-order valence-corrected chi connectivity index (χ3v) is 5.20. The van der Waals surface area contributed by atoms with E-state index in [1.807, 2.05) is 25.1 Å². The summed E-state index contributed by atoms with van der Waals surface area (Å²) < 4.78 is 16.4. The first-order valence-electron chi connectivity index (χ1n) is 7.74. The van der Waals surface area contributed by atoms with Crippen LogP contribution in [-0.4, -0.2) is 38.3 Å². The molecule has 0 saturated heterocycles. The van der Waals surface area contributed by atoms with Gasteiger partial charge in [-0.2, -0.15) is 0 Å². The second-order valence-electron chi connectivity index (χ2n) is 5.35. The number of hydrogen-bond acceptors (Lipinski definition) is 6. The molecular weight excluding hydrogens is 420 g/mol. The summed E-state index contributed by atoms with van der Waals surface area (Å²) in [6.07, 6.45) is 0. The van der Waals surface area contributed by atoms with Crippen molar-refractivity contribution in [2.45, 2.75) is 11.8 Å². The Morgan fingerprint density at radius 1 is 1.08 bits per heavy atom. The fraction of sp³-hybridized carbons (Fsp3) is 0.263. The minimum atomic E-state index is -0.451. The van der Waals surface area contributed by atoms with Gasteiger partial charge in [0.05, 0.1) is 25.5 Å². The molecule has 0 unspecified atom stereocenters. The van der Waals surface area contributed by atoms with Gasteiger partial charge >= 0.3 is 5.97 Å². The van der Waals surface area contributed by atoms with Crippen LogP contribution in [0.5, 0.6) is 11.5 Å². The highest BCUT2D eigenvalue weighted by molar-refractivity contribution is 9.10. The first-order valence-corrected chi connectivity index (χ1v) is 9.52. The van der Waals surface area contributed by atoms with Gasteiger partial charge in [0.25, 0.3) is 0 Å². The molecule has 0 aliphatic rings. The summed E-state index contributed by atoms with van der Waals surface area (Å²) in [5, 5.41) is 0. The van der Waals surface area contributed by atoms with Crippen molar-refractivity contribution in [2.24, 2.45) is 0 Å². The van der Waals surface area contributed by atoms with Crippen molar-refractivity contribution in [2.75, 3.05) is 26.6 Å². The van der Waals surface area contributed by atoms with Gasteiger partial charge in [0.2, 0.25) is 5.78 Å². The number of ketones is 1. The Morgan fingerprint density at radius 3 is 2.50 bits per heavy atom. The van der Waals surface area contributed by atoms with Gasteiger partial charge in [-0.1, -0.05) is 15.9 Å². The van der Waals surface area contributed by atoms with Gasteiger partial charge in [0, 0.05) is 9.37 Å². The molecule has 2 rings (SSSR count). The predicted molar refractivity (Wildman–Crippen MR) is 104 cm³/mol. The predicted octanol–water partition coefficient (Wildman–Crippen LogP) is 4.29. The molecule has 0 radical (unpaired) electrons. The van der Waals surface area contributed by atoms with Crippen LogP contribution in [0.1, 0.15) is 15.9 Å². The number of carbonyl (C=O) groups excluding carboxylic acids is 2. The Balaban J connectivity index is 1.91. The van der Waals surface area contributed by atoms with Crippen LogP contribution in [0.15, 0.2) is 45.8 Å². The van der Waals surface area contributed by atoms with Gasteiger partial charge in [0.1, 0.15) is 11.5 Å². The minimum Gasteiger partial charge on any atom is -0.497 e. The molecule has 0 aromatic heterocycles. The van der Waals surface area contributed by atoms with Crippen LogP contribution < -0.4 is 9.47 Å². The molecule has 7 heteroatoms. The summed E-state index contributed by atoms with van der Waals surface area (Å²) in [6.45, 7) is 1.62. The lowest BCUT2D eigenvalue weighted by molar-refractivity contribution is -0.139. The number of thioether (sulfide) groups is 1. The van der Waals surface area contributed by atoms with Crippen LogP contribution in [0.3, 0.4) is 0 Å². The van der Waals surface area contributed by atoms with Crippen molar-refractivity contribution in [1.29, 1.82) is 0 Å². The maximum Gasteiger partial charge on any atom is 0.316 e. The Kier molecular flexibility index (Phi) is 7.53. The van der Waals surface area contributed by atoms with E-state index in [0.29, 0.717) is 17.1 Å². The summed E-state index contributed by atoms with van der Waals surface area (Å²) in [5.74, 6) is 0.269. The fourth-order valence-corrected chi connectivity index (χ4v) is 3.49. The maximum atomic E-state index is 12.3. The lowest BCUT2D eigenvalue weighted by Crippen LogP contribution is -2.16. The number of rotatable bonds is 8. The normalized spacial score (nSPS) is 10.3. The number of esters is 1. The summed E-state index contributed by atoms with van der Waals surface area (Å²) in [4.78, 5) is 25.3. The lowest BCUT2D eigenvalue weighted by Gasteiger charge is -2.10. The topological polar surface area (TPSA) is 61.8 Å². The SMILES string of the molecule is COc1ccc(OC)c(C(=O)COC(=O)CSc2ccc(Br)cc2C)c1. The quantitative estimate of drug-likeness (QED) is 0.348. The van der Waals surface area contributed by atoms with Crippen molar-refractivity contribution in [3.63, 3.8) is 0 Å². The third-order valence-electron chi connectivity index (χ3n) is 3.55. The molecular formula is C19H19BrO5S. The molecule has 0 saturated carbocycles. The largest absolute Gasteiger partial charge is 0.497 e. The molecule has 26 heavy (non-hydrogen) atoms. The van der Waals surface area contributed by atoms with Gasteiger partial charge in [-0.05, 0) is 48.9 Å². The number of carbonyl (C=O) groups is 2. The molecule has 0 aliphatic heterocycles. The average molecular weight is 439 g/mol. The van der Waals surface area contributed by atoms with Crippen LogP contribution in [0.2, 0.25) is 0 Å². The van der Waals surface area contributed by atoms with Crippen molar-refractivity contribution < 1.29 is 23.8 Å². The maximum absolute atomic E-state index is 12.3. The number of aryl methyl sites for hydroxylation is 1. The average Bonchev–Trinajstić information content (AvgIpc) is 2.64. The van der Waals surface area contributed by atoms with E-state index in [0.717, 1.165) is 14.9 Å². The number of ether oxygens (including phenoxy) is 3. The Bertz CT molecular complexity index is 807. The van der Waals surface area contributed by atoms with E-state index in [2.05, 4.69) is 15.9 Å². The summed E-state index contributed by atoms with van der Waals surface area (Å²) in [7, 11) is 2.99. The van der Waals surface area contributed by atoms with Crippen molar-refractivity contribution in [1.82, 2.24) is 0 Å². The summed E-state index contributed by atoms with van der Waals surface area (Å²) in [5.41, 5.74) is 1.38. The number of hydrogen-bond donors (Lipinski definition) is 0. The van der Waals surface area contributed by atoms with Gasteiger partial charge in [-0.25, -0.2) is 0 Å². The minimum absolute atomic E-state index is 0.130. The van der Waals surface area contributed by atoms with E-state index >= 15 is 0 Å². The monoisotopic (exact) mass is 438 g/mol. The molecule has 0 bridgehead atoms. The lowest BCUT2D eigenvalue weighted by atomic mass is 10.1. The van der Waals surface area contributed by atoms with Crippen molar-refractivity contribution >= 4 is 39.4 Å². The molecule has 0 fully saturated rings. The van der Waals surface area contributed by atoms with Crippen LogP contribution in [-0.2, 0) is 9.53 Å². The molecule has 0 heterocycles. The molecule has 2 aromatic rings.